The van der Waals surface area contributed by atoms with Gasteiger partial charge >= 0.3 is 0 Å². The zero-order chi connectivity index (χ0) is 21.1. The van der Waals surface area contributed by atoms with Crippen molar-refractivity contribution in [1.29, 1.82) is 0 Å². The van der Waals surface area contributed by atoms with E-state index in [4.69, 9.17) is 9.47 Å². The first kappa shape index (κ1) is 20.5. The van der Waals surface area contributed by atoms with Gasteiger partial charge in [-0.2, -0.15) is 0 Å². The molecule has 0 unspecified atom stereocenters. The van der Waals surface area contributed by atoms with Gasteiger partial charge in [0.25, 0.3) is 0 Å². The molecule has 0 aliphatic carbocycles. The predicted octanol–water partition coefficient (Wildman–Crippen LogP) is 6.50. The molecule has 0 bridgehead atoms. The molecular weight excluding hydrogens is 382 g/mol. The van der Waals surface area contributed by atoms with Gasteiger partial charge in [-0.25, -0.2) is 0 Å². The topological polar surface area (TPSA) is 30.5 Å². The Bertz CT molecular complexity index is 1050. The Balaban J connectivity index is 1.27. The molecule has 0 spiro atoms. The van der Waals surface area contributed by atoms with Crippen LogP contribution in [-0.2, 0) is 19.6 Å². The van der Waals surface area contributed by atoms with E-state index in [0.29, 0.717) is 19.8 Å². The Kier molecular flexibility index (Phi) is 7.22. The summed E-state index contributed by atoms with van der Waals surface area (Å²) in [4.78, 5) is 0. The summed E-state index contributed by atoms with van der Waals surface area (Å²) in [6.45, 7) is 1.93. The molecule has 3 nitrogen and oxygen atoms in total. The molecule has 1 N–H and O–H groups in total. The van der Waals surface area contributed by atoms with E-state index >= 15 is 0 Å². The van der Waals surface area contributed by atoms with Crippen LogP contribution in [0.1, 0.15) is 16.7 Å². The average Bonchev–Trinajstić information content (AvgIpc) is 2.84. The Morgan fingerprint density at radius 2 is 1.23 bits per heavy atom. The molecular formula is C28H27NO2. The van der Waals surface area contributed by atoms with E-state index in [-0.39, 0.29) is 0 Å². The summed E-state index contributed by atoms with van der Waals surface area (Å²) in [5.74, 6) is 1.78. The van der Waals surface area contributed by atoms with Gasteiger partial charge in [-0.15, -0.1) is 0 Å². The van der Waals surface area contributed by atoms with Crippen LogP contribution in [0.25, 0.3) is 0 Å². The van der Waals surface area contributed by atoms with E-state index in [2.05, 4.69) is 47.8 Å². The smallest absolute Gasteiger partial charge is 0.124 e. The zero-order valence-corrected chi connectivity index (χ0v) is 17.5. The fourth-order valence-electron chi connectivity index (χ4n) is 3.32. The van der Waals surface area contributed by atoms with Gasteiger partial charge in [0.1, 0.15) is 18.1 Å². The van der Waals surface area contributed by atoms with Crippen molar-refractivity contribution < 1.29 is 9.47 Å². The lowest BCUT2D eigenvalue weighted by atomic mass is 10.1. The van der Waals surface area contributed by atoms with Gasteiger partial charge in [0, 0.05) is 24.2 Å². The van der Waals surface area contributed by atoms with Crippen molar-refractivity contribution in [3.8, 4) is 11.5 Å². The molecule has 0 aromatic heterocycles. The third kappa shape index (κ3) is 6.38. The number of rotatable bonds is 10. The number of para-hydroxylation sites is 1. The molecule has 3 heteroatoms. The van der Waals surface area contributed by atoms with Gasteiger partial charge < -0.3 is 14.8 Å². The second-order valence-corrected chi connectivity index (χ2v) is 7.34. The van der Waals surface area contributed by atoms with Crippen molar-refractivity contribution in [2.24, 2.45) is 0 Å². The summed E-state index contributed by atoms with van der Waals surface area (Å²) in [5.41, 5.74) is 4.63. The van der Waals surface area contributed by atoms with E-state index in [1.807, 2.05) is 66.7 Å². The van der Waals surface area contributed by atoms with Gasteiger partial charge in [-0.3, -0.25) is 0 Å². The molecule has 4 rings (SSSR count). The maximum atomic E-state index is 6.06. The summed E-state index contributed by atoms with van der Waals surface area (Å²) in [6.07, 6.45) is 0.896. The minimum atomic E-state index is 0.571. The van der Waals surface area contributed by atoms with Crippen molar-refractivity contribution in [3.63, 3.8) is 0 Å². The van der Waals surface area contributed by atoms with Crippen LogP contribution in [0.3, 0.4) is 0 Å². The second kappa shape index (κ2) is 10.9. The largest absolute Gasteiger partial charge is 0.493 e. The minimum Gasteiger partial charge on any atom is -0.493 e. The van der Waals surface area contributed by atoms with Crippen molar-refractivity contribution in [3.05, 3.63) is 126 Å². The summed E-state index contributed by atoms with van der Waals surface area (Å²) in [5, 5.41) is 3.47. The van der Waals surface area contributed by atoms with Crippen LogP contribution in [0.15, 0.2) is 109 Å². The molecule has 0 saturated heterocycles. The SMILES string of the molecule is c1ccc(CCOc2ccccc2CNc2ccc(OCc3ccccc3)cc2)cc1. The minimum absolute atomic E-state index is 0.571. The Morgan fingerprint density at radius 3 is 1.97 bits per heavy atom. The highest BCUT2D eigenvalue weighted by atomic mass is 16.5. The van der Waals surface area contributed by atoms with Gasteiger partial charge in [0.2, 0.25) is 0 Å². The zero-order valence-electron chi connectivity index (χ0n) is 17.5. The Labute approximate surface area is 184 Å². The molecule has 4 aromatic carbocycles. The molecule has 0 saturated carbocycles. The maximum Gasteiger partial charge on any atom is 0.124 e. The Hall–Kier alpha value is -3.72. The monoisotopic (exact) mass is 409 g/mol. The van der Waals surface area contributed by atoms with E-state index in [1.165, 1.54) is 5.56 Å². The summed E-state index contributed by atoms with van der Waals surface area (Å²) < 4.78 is 11.9. The van der Waals surface area contributed by atoms with Crippen molar-refractivity contribution >= 4 is 5.69 Å². The van der Waals surface area contributed by atoms with Crippen LogP contribution >= 0.6 is 0 Å². The van der Waals surface area contributed by atoms with Crippen LogP contribution < -0.4 is 14.8 Å². The number of hydrogen-bond acceptors (Lipinski definition) is 3. The molecule has 0 aliphatic heterocycles. The normalized spacial score (nSPS) is 10.5. The van der Waals surface area contributed by atoms with Crippen LogP contribution in [0, 0.1) is 0 Å². The lowest BCUT2D eigenvalue weighted by Gasteiger charge is -2.13. The molecule has 4 aromatic rings. The van der Waals surface area contributed by atoms with Crippen LogP contribution in [0.4, 0.5) is 5.69 Å². The average molecular weight is 410 g/mol. The first-order valence-corrected chi connectivity index (χ1v) is 10.6. The molecule has 0 amide bonds. The molecule has 31 heavy (non-hydrogen) atoms. The molecule has 0 fully saturated rings. The molecule has 0 aliphatic rings. The van der Waals surface area contributed by atoms with Gasteiger partial charge in [-0.1, -0.05) is 78.9 Å². The van der Waals surface area contributed by atoms with E-state index < -0.39 is 0 Å². The molecule has 0 heterocycles. The highest BCUT2D eigenvalue weighted by Crippen LogP contribution is 2.22. The van der Waals surface area contributed by atoms with Crippen LogP contribution in [-0.4, -0.2) is 6.61 Å². The quantitative estimate of drug-likeness (QED) is 0.324. The molecule has 0 radical (unpaired) electrons. The van der Waals surface area contributed by atoms with Crippen LogP contribution in [0.2, 0.25) is 0 Å². The Morgan fingerprint density at radius 1 is 0.581 bits per heavy atom. The summed E-state index contributed by atoms with van der Waals surface area (Å²) >= 11 is 0. The van der Waals surface area contributed by atoms with Crippen molar-refractivity contribution in [1.82, 2.24) is 0 Å². The maximum absolute atomic E-state index is 6.06. The van der Waals surface area contributed by atoms with E-state index in [0.717, 1.165) is 34.7 Å². The number of ether oxygens (including phenoxy) is 2. The standard InChI is InChI=1S/C28H27NO2/c1-3-9-23(10-4-1)19-20-30-28-14-8-7-13-25(28)21-29-26-15-17-27(18-16-26)31-22-24-11-5-2-6-12-24/h1-18,29H,19-22H2. The van der Waals surface area contributed by atoms with E-state index in [1.54, 1.807) is 0 Å². The number of nitrogens with one attached hydrogen (secondary N) is 1. The van der Waals surface area contributed by atoms with E-state index in [9.17, 15) is 0 Å². The van der Waals surface area contributed by atoms with Crippen molar-refractivity contribution in [2.45, 2.75) is 19.6 Å². The molecule has 156 valence electrons. The predicted molar refractivity (Wildman–Crippen MR) is 127 cm³/mol. The lowest BCUT2D eigenvalue weighted by molar-refractivity contribution is 0.306. The summed E-state index contributed by atoms with van der Waals surface area (Å²) in [6, 6.07) is 36.9. The number of anilines is 1. The third-order valence-electron chi connectivity index (χ3n) is 5.05. The fraction of sp³-hybridized carbons (Fsp3) is 0.143. The van der Waals surface area contributed by atoms with Crippen molar-refractivity contribution in [2.75, 3.05) is 11.9 Å². The first-order valence-electron chi connectivity index (χ1n) is 10.6. The lowest BCUT2D eigenvalue weighted by Crippen LogP contribution is -2.06. The highest BCUT2D eigenvalue weighted by molar-refractivity contribution is 5.48. The third-order valence-corrected chi connectivity index (χ3v) is 5.05. The fourth-order valence-corrected chi connectivity index (χ4v) is 3.32. The highest BCUT2D eigenvalue weighted by Gasteiger charge is 2.04. The van der Waals surface area contributed by atoms with Gasteiger partial charge in [0.05, 0.1) is 6.61 Å². The molecule has 0 atom stereocenters. The number of hydrogen-bond donors (Lipinski definition) is 1. The van der Waals surface area contributed by atoms with Crippen LogP contribution in [0.5, 0.6) is 11.5 Å². The van der Waals surface area contributed by atoms with Gasteiger partial charge in [-0.05, 0) is 41.5 Å². The second-order valence-electron chi connectivity index (χ2n) is 7.34. The van der Waals surface area contributed by atoms with Gasteiger partial charge in [0.15, 0.2) is 0 Å². The number of benzene rings is 4. The first-order chi connectivity index (χ1) is 15.4. The summed E-state index contributed by atoms with van der Waals surface area (Å²) in [7, 11) is 0.